The number of carbonyl (C=O) groups is 2. The molecule has 0 aromatic carbocycles. The van der Waals surface area contributed by atoms with Crippen LogP contribution in [0.15, 0.2) is 12.7 Å². The summed E-state index contributed by atoms with van der Waals surface area (Å²) < 4.78 is 5.42. The average molecular weight is 321 g/mol. The van der Waals surface area contributed by atoms with Crippen LogP contribution in [0.25, 0.3) is 0 Å². The van der Waals surface area contributed by atoms with Gasteiger partial charge in [0.25, 0.3) is 0 Å². The number of nitrogens with zero attached hydrogens (tertiary/aromatic N) is 3. The number of likely N-dealkylation sites (tertiary alicyclic amines) is 1. The van der Waals surface area contributed by atoms with Gasteiger partial charge in [0.1, 0.15) is 0 Å². The molecule has 3 saturated heterocycles. The summed E-state index contributed by atoms with van der Waals surface area (Å²) in [5.41, 5.74) is 0. The third-order valence-electron chi connectivity index (χ3n) is 5.32. The van der Waals surface area contributed by atoms with Gasteiger partial charge in [0, 0.05) is 52.0 Å². The molecule has 0 saturated carbocycles. The zero-order valence-corrected chi connectivity index (χ0v) is 13.8. The third-order valence-corrected chi connectivity index (χ3v) is 5.32. The Labute approximate surface area is 138 Å². The van der Waals surface area contributed by atoms with Crippen LogP contribution < -0.4 is 0 Å². The molecule has 0 aliphatic carbocycles. The quantitative estimate of drug-likeness (QED) is 0.710. The molecule has 3 aliphatic heterocycles. The van der Waals surface area contributed by atoms with Gasteiger partial charge in [-0.3, -0.25) is 14.5 Å². The highest BCUT2D eigenvalue weighted by Crippen LogP contribution is 2.24. The molecule has 3 heterocycles. The molecule has 3 rings (SSSR count). The van der Waals surface area contributed by atoms with Crippen LogP contribution >= 0.6 is 0 Å². The van der Waals surface area contributed by atoms with Crippen LogP contribution in [0.1, 0.15) is 25.7 Å². The lowest BCUT2D eigenvalue weighted by molar-refractivity contribution is -0.146. The predicted molar refractivity (Wildman–Crippen MR) is 86.9 cm³/mol. The highest BCUT2D eigenvalue weighted by Gasteiger charge is 2.38. The number of ether oxygens (including phenoxy) is 1. The molecule has 2 amide bonds. The smallest absolute Gasteiger partial charge is 0.246 e. The Bertz CT molecular complexity index is 454. The van der Waals surface area contributed by atoms with E-state index in [0.717, 1.165) is 58.5 Å². The van der Waals surface area contributed by atoms with Crippen molar-refractivity contribution >= 4 is 11.8 Å². The van der Waals surface area contributed by atoms with E-state index in [2.05, 4.69) is 16.4 Å². The van der Waals surface area contributed by atoms with Gasteiger partial charge >= 0.3 is 0 Å². The molecule has 3 fully saturated rings. The first-order chi connectivity index (χ1) is 11.2. The number of hydrogen-bond donors (Lipinski definition) is 0. The number of amides is 2. The van der Waals surface area contributed by atoms with Gasteiger partial charge in [0.2, 0.25) is 11.8 Å². The molecule has 0 unspecified atom stereocenters. The Morgan fingerprint density at radius 1 is 1.09 bits per heavy atom. The fourth-order valence-corrected chi connectivity index (χ4v) is 3.96. The molecule has 0 aromatic heterocycles. The maximum atomic E-state index is 12.9. The summed E-state index contributed by atoms with van der Waals surface area (Å²) in [6.07, 6.45) is 5.29. The van der Waals surface area contributed by atoms with E-state index in [4.69, 9.17) is 4.74 Å². The molecule has 0 bridgehead atoms. The Balaban J connectivity index is 1.58. The van der Waals surface area contributed by atoms with Crippen LogP contribution in [0.5, 0.6) is 0 Å². The Kier molecular flexibility index (Phi) is 5.33. The summed E-state index contributed by atoms with van der Waals surface area (Å²) in [6, 6.07) is 0.343. The summed E-state index contributed by atoms with van der Waals surface area (Å²) in [5, 5.41) is 0. The van der Waals surface area contributed by atoms with Crippen LogP contribution in [-0.2, 0) is 14.3 Å². The molecule has 0 aromatic rings. The summed E-state index contributed by atoms with van der Waals surface area (Å²) in [7, 11) is 0. The number of rotatable bonds is 3. The highest BCUT2D eigenvalue weighted by atomic mass is 16.5. The highest BCUT2D eigenvalue weighted by molar-refractivity contribution is 5.87. The van der Waals surface area contributed by atoms with Crippen molar-refractivity contribution in [3.63, 3.8) is 0 Å². The van der Waals surface area contributed by atoms with Crippen molar-refractivity contribution in [2.45, 2.75) is 37.8 Å². The number of piperazine rings is 1. The maximum Gasteiger partial charge on any atom is 0.246 e. The summed E-state index contributed by atoms with van der Waals surface area (Å²) >= 11 is 0. The van der Waals surface area contributed by atoms with E-state index in [-0.39, 0.29) is 17.9 Å². The van der Waals surface area contributed by atoms with Gasteiger partial charge in [-0.25, -0.2) is 0 Å². The largest absolute Gasteiger partial charge is 0.381 e. The van der Waals surface area contributed by atoms with Crippen molar-refractivity contribution in [3.8, 4) is 0 Å². The molecule has 6 heteroatoms. The SMILES string of the molecule is C=CC(=O)N1CCN([C@H]2CCCN(C3CCOCC3)C2=O)CC1. The van der Waals surface area contributed by atoms with Crippen molar-refractivity contribution in [2.75, 3.05) is 45.9 Å². The fourth-order valence-electron chi connectivity index (χ4n) is 3.96. The second kappa shape index (κ2) is 7.45. The van der Waals surface area contributed by atoms with Gasteiger partial charge in [-0.05, 0) is 31.8 Å². The molecular formula is C17H27N3O3. The van der Waals surface area contributed by atoms with E-state index in [9.17, 15) is 9.59 Å². The average Bonchev–Trinajstić information content (AvgIpc) is 2.62. The first kappa shape index (κ1) is 16.5. The minimum absolute atomic E-state index is 0.00687. The Hall–Kier alpha value is -1.40. The Morgan fingerprint density at radius 3 is 2.43 bits per heavy atom. The van der Waals surface area contributed by atoms with Gasteiger partial charge in [-0.15, -0.1) is 0 Å². The van der Waals surface area contributed by atoms with Crippen molar-refractivity contribution in [3.05, 3.63) is 12.7 Å². The molecule has 0 spiro atoms. The van der Waals surface area contributed by atoms with Gasteiger partial charge < -0.3 is 14.5 Å². The van der Waals surface area contributed by atoms with E-state index in [0.29, 0.717) is 19.1 Å². The van der Waals surface area contributed by atoms with Crippen molar-refractivity contribution in [2.24, 2.45) is 0 Å². The second-order valence-electron chi connectivity index (χ2n) is 6.60. The lowest BCUT2D eigenvalue weighted by atomic mass is 9.97. The van der Waals surface area contributed by atoms with E-state index in [1.807, 2.05) is 4.90 Å². The molecule has 0 radical (unpaired) electrons. The van der Waals surface area contributed by atoms with Gasteiger partial charge in [-0.1, -0.05) is 6.58 Å². The van der Waals surface area contributed by atoms with Crippen LogP contribution in [0, 0.1) is 0 Å². The molecular weight excluding hydrogens is 294 g/mol. The Morgan fingerprint density at radius 2 is 1.78 bits per heavy atom. The van der Waals surface area contributed by atoms with Crippen LogP contribution in [0.4, 0.5) is 0 Å². The van der Waals surface area contributed by atoms with Crippen LogP contribution in [0.3, 0.4) is 0 Å². The summed E-state index contributed by atoms with van der Waals surface area (Å²) in [6.45, 7) is 8.88. The third kappa shape index (κ3) is 3.58. The monoisotopic (exact) mass is 321 g/mol. The standard InChI is InChI=1S/C17H27N3O3/c1-2-16(21)19-10-8-18(9-11-19)15-4-3-7-20(17(15)22)14-5-12-23-13-6-14/h2,14-15H,1,3-13H2/t15-/m0/s1. The number of hydrogen-bond acceptors (Lipinski definition) is 4. The van der Waals surface area contributed by atoms with Crippen molar-refractivity contribution in [1.82, 2.24) is 14.7 Å². The van der Waals surface area contributed by atoms with Crippen molar-refractivity contribution < 1.29 is 14.3 Å². The molecule has 0 N–H and O–H groups in total. The summed E-state index contributed by atoms with van der Waals surface area (Å²) in [4.78, 5) is 30.8. The van der Waals surface area contributed by atoms with E-state index in [1.165, 1.54) is 6.08 Å². The first-order valence-corrected chi connectivity index (χ1v) is 8.74. The van der Waals surface area contributed by atoms with E-state index >= 15 is 0 Å². The molecule has 23 heavy (non-hydrogen) atoms. The van der Waals surface area contributed by atoms with E-state index in [1.54, 1.807) is 0 Å². The van der Waals surface area contributed by atoms with Crippen molar-refractivity contribution in [1.29, 1.82) is 0 Å². The lowest BCUT2D eigenvalue weighted by Gasteiger charge is -2.45. The van der Waals surface area contributed by atoms with Gasteiger partial charge in [0.05, 0.1) is 6.04 Å². The summed E-state index contributed by atoms with van der Waals surface area (Å²) in [5.74, 6) is 0.273. The minimum atomic E-state index is -0.0107. The maximum absolute atomic E-state index is 12.9. The zero-order chi connectivity index (χ0) is 16.2. The van der Waals surface area contributed by atoms with Gasteiger partial charge in [0.15, 0.2) is 0 Å². The van der Waals surface area contributed by atoms with Crippen LogP contribution in [0.2, 0.25) is 0 Å². The topological polar surface area (TPSA) is 53.1 Å². The number of carbonyl (C=O) groups excluding carboxylic acids is 2. The molecule has 6 nitrogen and oxygen atoms in total. The second-order valence-corrected chi connectivity index (χ2v) is 6.60. The molecule has 3 aliphatic rings. The molecule has 128 valence electrons. The molecule has 1 atom stereocenters. The zero-order valence-electron chi connectivity index (χ0n) is 13.8. The van der Waals surface area contributed by atoms with Crippen LogP contribution in [-0.4, -0.2) is 84.5 Å². The number of piperidine rings is 1. The first-order valence-electron chi connectivity index (χ1n) is 8.74. The lowest BCUT2D eigenvalue weighted by Crippen LogP contribution is -2.60. The predicted octanol–water partition coefficient (Wildman–Crippen LogP) is 0.487. The fraction of sp³-hybridized carbons (Fsp3) is 0.765. The minimum Gasteiger partial charge on any atom is -0.381 e. The van der Waals surface area contributed by atoms with Gasteiger partial charge in [-0.2, -0.15) is 0 Å². The normalized spacial score (nSPS) is 28.0. The van der Waals surface area contributed by atoms with E-state index < -0.39 is 0 Å².